The van der Waals surface area contributed by atoms with Crippen LogP contribution in [0.2, 0.25) is 0 Å². The van der Waals surface area contributed by atoms with Gasteiger partial charge in [0.1, 0.15) is 5.75 Å². The van der Waals surface area contributed by atoms with Gasteiger partial charge < -0.3 is 10.1 Å². The van der Waals surface area contributed by atoms with E-state index in [1.165, 1.54) is 11.8 Å². The monoisotopic (exact) mass is 406 g/mol. The number of carbonyl (C=O) groups excluding carboxylic acids is 1. The van der Waals surface area contributed by atoms with Crippen LogP contribution in [0.4, 0.5) is 5.69 Å². The number of para-hydroxylation sites is 1. The van der Waals surface area contributed by atoms with Gasteiger partial charge in [-0.25, -0.2) is 0 Å². The van der Waals surface area contributed by atoms with Crippen molar-refractivity contribution in [3.05, 3.63) is 60.2 Å². The SMILES string of the molecule is CCC(Sc1nnc2cc(C)c3ccc(OC)cc3n12)C(=O)Nc1ccccc1. The third-order valence-electron chi connectivity index (χ3n) is 4.83. The fourth-order valence-electron chi connectivity index (χ4n) is 3.30. The molecule has 0 saturated heterocycles. The minimum absolute atomic E-state index is 0.0468. The number of methoxy groups -OCH3 is 1. The molecule has 1 unspecified atom stereocenters. The van der Waals surface area contributed by atoms with E-state index in [1.807, 2.05) is 65.9 Å². The molecule has 6 nitrogen and oxygen atoms in total. The molecule has 0 saturated carbocycles. The van der Waals surface area contributed by atoms with Crippen LogP contribution in [0.5, 0.6) is 5.75 Å². The predicted octanol–water partition coefficient (Wildman–Crippen LogP) is 4.71. The van der Waals surface area contributed by atoms with Crippen LogP contribution in [-0.4, -0.2) is 32.9 Å². The van der Waals surface area contributed by atoms with Gasteiger partial charge in [-0.1, -0.05) is 36.9 Å². The molecule has 4 aromatic rings. The second kappa shape index (κ2) is 8.13. The van der Waals surface area contributed by atoms with Crippen molar-refractivity contribution in [2.45, 2.75) is 30.7 Å². The summed E-state index contributed by atoms with van der Waals surface area (Å²) in [5.74, 6) is 0.720. The first-order chi connectivity index (χ1) is 14.1. The van der Waals surface area contributed by atoms with E-state index in [-0.39, 0.29) is 11.2 Å². The van der Waals surface area contributed by atoms with Gasteiger partial charge in [0.05, 0.1) is 17.9 Å². The normalized spacial score (nSPS) is 12.2. The second-order valence-corrected chi connectivity index (χ2v) is 7.93. The number of aryl methyl sites for hydroxylation is 1. The molecule has 0 fully saturated rings. The number of benzene rings is 2. The van der Waals surface area contributed by atoms with Crippen molar-refractivity contribution in [1.29, 1.82) is 0 Å². The van der Waals surface area contributed by atoms with Crippen LogP contribution in [0.25, 0.3) is 16.6 Å². The Hall–Kier alpha value is -3.06. The van der Waals surface area contributed by atoms with Crippen molar-refractivity contribution >= 4 is 39.9 Å². The molecule has 0 aliphatic heterocycles. The Bertz CT molecular complexity index is 1170. The maximum absolute atomic E-state index is 12.8. The number of ether oxygens (including phenoxy) is 1. The van der Waals surface area contributed by atoms with Gasteiger partial charge in [-0.3, -0.25) is 9.20 Å². The van der Waals surface area contributed by atoms with E-state index in [4.69, 9.17) is 4.74 Å². The summed E-state index contributed by atoms with van der Waals surface area (Å²) in [6.07, 6.45) is 0.672. The predicted molar refractivity (Wildman–Crippen MR) is 117 cm³/mol. The molecular weight excluding hydrogens is 384 g/mol. The molecular formula is C22H22N4O2S. The van der Waals surface area contributed by atoms with Gasteiger partial charge in [0.25, 0.3) is 0 Å². The zero-order valence-corrected chi connectivity index (χ0v) is 17.4. The summed E-state index contributed by atoms with van der Waals surface area (Å²) in [6, 6.07) is 17.5. The Balaban J connectivity index is 1.71. The highest BCUT2D eigenvalue weighted by Crippen LogP contribution is 2.31. The van der Waals surface area contributed by atoms with E-state index in [0.29, 0.717) is 11.6 Å². The lowest BCUT2D eigenvalue weighted by atomic mass is 10.1. The molecule has 0 aliphatic carbocycles. The van der Waals surface area contributed by atoms with Crippen molar-refractivity contribution in [1.82, 2.24) is 14.6 Å². The lowest BCUT2D eigenvalue weighted by Gasteiger charge is -2.14. The minimum Gasteiger partial charge on any atom is -0.497 e. The van der Waals surface area contributed by atoms with Crippen molar-refractivity contribution < 1.29 is 9.53 Å². The van der Waals surface area contributed by atoms with E-state index >= 15 is 0 Å². The Morgan fingerprint density at radius 3 is 2.69 bits per heavy atom. The maximum atomic E-state index is 12.8. The van der Waals surface area contributed by atoms with Gasteiger partial charge in [-0.2, -0.15) is 0 Å². The van der Waals surface area contributed by atoms with Crippen LogP contribution in [0.3, 0.4) is 0 Å². The summed E-state index contributed by atoms with van der Waals surface area (Å²) < 4.78 is 7.40. The number of hydrogen-bond donors (Lipinski definition) is 1. The average Bonchev–Trinajstić information content (AvgIpc) is 3.14. The highest BCUT2D eigenvalue weighted by Gasteiger charge is 2.22. The lowest BCUT2D eigenvalue weighted by molar-refractivity contribution is -0.115. The van der Waals surface area contributed by atoms with E-state index in [9.17, 15) is 4.79 Å². The zero-order chi connectivity index (χ0) is 20.4. The highest BCUT2D eigenvalue weighted by atomic mass is 32.2. The number of thioether (sulfide) groups is 1. The summed E-state index contributed by atoms with van der Waals surface area (Å²) in [5.41, 5.74) is 3.62. The van der Waals surface area contributed by atoms with Gasteiger partial charge in [0, 0.05) is 17.1 Å². The van der Waals surface area contributed by atoms with Gasteiger partial charge in [0.2, 0.25) is 5.91 Å². The smallest absolute Gasteiger partial charge is 0.237 e. The quantitative estimate of drug-likeness (QED) is 0.470. The number of nitrogens with zero attached hydrogens (tertiary/aromatic N) is 3. The van der Waals surface area contributed by atoms with Crippen molar-refractivity contribution in [3.8, 4) is 5.75 Å². The first-order valence-corrected chi connectivity index (χ1v) is 10.3. The van der Waals surface area contributed by atoms with Crippen LogP contribution in [-0.2, 0) is 4.79 Å². The number of pyridine rings is 1. The summed E-state index contributed by atoms with van der Waals surface area (Å²) in [6.45, 7) is 4.05. The number of fused-ring (bicyclic) bond motifs is 3. The molecule has 1 N–H and O–H groups in total. The Morgan fingerprint density at radius 2 is 1.97 bits per heavy atom. The Morgan fingerprint density at radius 1 is 1.17 bits per heavy atom. The van der Waals surface area contributed by atoms with Gasteiger partial charge in [0.15, 0.2) is 10.8 Å². The van der Waals surface area contributed by atoms with Crippen LogP contribution in [0.15, 0.2) is 59.8 Å². The number of anilines is 1. The molecule has 7 heteroatoms. The number of rotatable bonds is 6. The first kappa shape index (κ1) is 19.3. The standard InChI is InChI=1S/C22H22N4O2S/c1-4-19(21(27)23-15-8-6-5-7-9-15)29-22-25-24-20-12-14(2)17-11-10-16(28-3)13-18(17)26(20)22/h5-13,19H,4H2,1-3H3,(H,23,27). The average molecular weight is 407 g/mol. The van der Waals surface area contributed by atoms with Crippen molar-refractivity contribution in [2.75, 3.05) is 12.4 Å². The molecule has 148 valence electrons. The fraction of sp³-hybridized carbons (Fsp3) is 0.227. The number of hydrogen-bond acceptors (Lipinski definition) is 5. The molecule has 4 rings (SSSR count). The zero-order valence-electron chi connectivity index (χ0n) is 16.5. The third kappa shape index (κ3) is 3.78. The van der Waals surface area contributed by atoms with E-state index in [1.54, 1.807) is 7.11 Å². The summed E-state index contributed by atoms with van der Waals surface area (Å²) in [7, 11) is 1.65. The van der Waals surface area contributed by atoms with Crippen LogP contribution < -0.4 is 10.1 Å². The molecule has 0 bridgehead atoms. The van der Waals surface area contributed by atoms with Crippen LogP contribution in [0.1, 0.15) is 18.9 Å². The minimum atomic E-state index is -0.287. The van der Waals surface area contributed by atoms with Crippen LogP contribution in [0, 0.1) is 6.92 Å². The van der Waals surface area contributed by atoms with E-state index in [2.05, 4.69) is 22.4 Å². The van der Waals surface area contributed by atoms with Crippen molar-refractivity contribution in [3.63, 3.8) is 0 Å². The molecule has 0 spiro atoms. The molecule has 2 aromatic carbocycles. The van der Waals surface area contributed by atoms with Gasteiger partial charge in [-0.15, -0.1) is 10.2 Å². The Kier molecular flexibility index (Phi) is 5.40. The summed E-state index contributed by atoms with van der Waals surface area (Å²) in [4.78, 5) is 12.8. The third-order valence-corrected chi connectivity index (χ3v) is 6.13. The maximum Gasteiger partial charge on any atom is 0.237 e. The van der Waals surface area contributed by atoms with Crippen molar-refractivity contribution in [2.24, 2.45) is 0 Å². The second-order valence-electron chi connectivity index (χ2n) is 6.76. The topological polar surface area (TPSA) is 68.5 Å². The molecule has 2 heterocycles. The molecule has 1 atom stereocenters. The largest absolute Gasteiger partial charge is 0.497 e. The number of amides is 1. The molecule has 0 radical (unpaired) electrons. The van der Waals surface area contributed by atoms with E-state index < -0.39 is 0 Å². The molecule has 2 aromatic heterocycles. The van der Waals surface area contributed by atoms with Gasteiger partial charge >= 0.3 is 0 Å². The first-order valence-electron chi connectivity index (χ1n) is 9.45. The molecule has 0 aliphatic rings. The lowest BCUT2D eigenvalue weighted by Crippen LogP contribution is -2.24. The van der Waals surface area contributed by atoms with Gasteiger partial charge in [-0.05, 0) is 49.2 Å². The van der Waals surface area contributed by atoms with Crippen LogP contribution >= 0.6 is 11.8 Å². The summed E-state index contributed by atoms with van der Waals surface area (Å²) in [5, 5.41) is 13.2. The van der Waals surface area contributed by atoms with E-state index in [0.717, 1.165) is 33.6 Å². The number of nitrogens with one attached hydrogen (secondary N) is 1. The Labute approximate surface area is 173 Å². The number of aromatic nitrogens is 3. The summed E-state index contributed by atoms with van der Waals surface area (Å²) >= 11 is 1.42. The number of carbonyl (C=O) groups is 1. The molecule has 1 amide bonds. The molecule has 29 heavy (non-hydrogen) atoms. The fourth-order valence-corrected chi connectivity index (χ4v) is 4.27. The highest BCUT2D eigenvalue weighted by molar-refractivity contribution is 8.00.